The number of hydrogen-bond donors (Lipinski definition) is 2. The Morgan fingerprint density at radius 1 is 0.769 bits per heavy atom. The smallest absolute Gasteiger partial charge is 1.00 e. The molecule has 10 N–H and O–H groups in total. The van der Waals surface area contributed by atoms with Crippen molar-refractivity contribution in [3.63, 3.8) is 0 Å². The van der Waals surface area contributed by atoms with Crippen LogP contribution in [-0.4, -0.2) is 44.1 Å². The number of carboxylic acids is 2. The quantitative estimate of drug-likeness (QED) is 0.329. The second-order valence-electron chi connectivity index (χ2n) is 0.610. The Kier molecular flexibility index (Phi) is 160. The molecule has 0 aromatic rings. The van der Waals surface area contributed by atoms with E-state index < -0.39 is 11.9 Å². The Morgan fingerprint density at radius 2 is 0.846 bits per heavy atom. The van der Waals surface area contributed by atoms with Gasteiger partial charge in [0.1, 0.15) is 0 Å². The van der Waals surface area contributed by atoms with Gasteiger partial charge in [0.05, 0.1) is 0 Å². The molecule has 13 heavy (non-hydrogen) atoms. The zero-order chi connectivity index (χ0) is 5.15. The Bertz CT molecular complexity index is 94.6. The largest absolute Gasteiger partial charge is 1.00 e. The molecule has 11 heteroatoms. The number of carboxylic acid groups (broad SMARTS) is 2. The van der Waals surface area contributed by atoms with Gasteiger partial charge in [-0.1, -0.05) is 0 Å². The summed E-state index contributed by atoms with van der Waals surface area (Å²) < 4.78 is 0. The van der Waals surface area contributed by atoms with Crippen molar-refractivity contribution in [2.24, 2.45) is 0 Å². The van der Waals surface area contributed by atoms with E-state index in [-0.39, 0.29) is 149 Å². The summed E-state index contributed by atoms with van der Waals surface area (Å²) in [6.07, 6.45) is 0. The van der Waals surface area contributed by atoms with Crippen molar-refractivity contribution in [1.82, 2.24) is 0 Å². The molecule has 0 saturated carbocycles. The van der Waals surface area contributed by atoms with Crippen molar-refractivity contribution in [3.8, 4) is 0 Å². The average Bonchev–Trinajstić information content (AvgIpc) is 1.36. The van der Waals surface area contributed by atoms with Crippen LogP contribution in [-0.2, 0) is 31.3 Å². The van der Waals surface area contributed by atoms with Crippen LogP contribution in [0.25, 0.3) is 0 Å². The minimum Gasteiger partial charge on any atom is -1.00 e. The van der Waals surface area contributed by atoms with Crippen molar-refractivity contribution in [2.75, 3.05) is 0 Å². The Labute approximate surface area is 177 Å². The van der Waals surface area contributed by atoms with E-state index in [4.69, 9.17) is 19.8 Å². The topological polar surface area (TPSA) is 201 Å². The van der Waals surface area contributed by atoms with Crippen molar-refractivity contribution >= 4 is 11.9 Å². The first-order valence-electron chi connectivity index (χ1n) is 1.11. The fraction of sp³-hybridized carbons (Fsp3) is 0. The Hall–Kier alpha value is 2.77. The maximum absolute atomic E-state index is 9.10. The van der Waals surface area contributed by atoms with Crippen LogP contribution in [0.1, 0.15) is 2.85 Å². The molecule has 0 aliphatic carbocycles. The van der Waals surface area contributed by atoms with Gasteiger partial charge < -0.3 is 35.0 Å². The number of rotatable bonds is 0. The van der Waals surface area contributed by atoms with Crippen LogP contribution in [0.3, 0.4) is 0 Å². The van der Waals surface area contributed by atoms with Gasteiger partial charge in [-0.15, -0.1) is 0 Å². The van der Waals surface area contributed by atoms with Crippen molar-refractivity contribution in [2.45, 2.75) is 0 Å². The van der Waals surface area contributed by atoms with Crippen molar-refractivity contribution in [3.05, 3.63) is 0 Å². The predicted octanol–water partition coefficient (Wildman–Crippen LogP) is -9.91. The molecule has 0 fully saturated rings. The molecule has 0 bridgehead atoms. The summed E-state index contributed by atoms with van der Waals surface area (Å²) in [4.78, 5) is 18.2. The van der Waals surface area contributed by atoms with E-state index in [9.17, 15) is 0 Å². The molecule has 0 unspecified atom stereocenters. The molecular weight excluding hydrogens is 278 g/mol. The molecule has 0 saturated heterocycles. The van der Waals surface area contributed by atoms with Crippen LogP contribution in [0.5, 0.6) is 0 Å². The minimum absolute atomic E-state index is 0. The third kappa shape index (κ3) is 52.6. The summed E-state index contributed by atoms with van der Waals surface area (Å²) in [5.74, 6) is -3.65. The Balaban J connectivity index is -0.00000000347. The molecule has 0 spiro atoms. The van der Waals surface area contributed by atoms with Gasteiger partial charge in [-0.3, -0.25) is 0 Å². The first-order valence-corrected chi connectivity index (χ1v) is 1.11. The summed E-state index contributed by atoms with van der Waals surface area (Å²) in [5.41, 5.74) is 0. The van der Waals surface area contributed by atoms with Gasteiger partial charge >= 0.3 is 115 Å². The van der Waals surface area contributed by atoms with Gasteiger partial charge in [0.2, 0.25) is 0 Å². The number of aliphatic carboxylic acids is 2. The fourth-order valence-electron chi connectivity index (χ4n) is 0. The van der Waals surface area contributed by atoms with Crippen LogP contribution in [0.2, 0.25) is 0 Å². The van der Waals surface area contributed by atoms with E-state index in [1.54, 1.807) is 0 Å². The zero-order valence-electron chi connectivity index (χ0n) is 9.21. The summed E-state index contributed by atoms with van der Waals surface area (Å²) in [5, 5.41) is 14.8. The first-order chi connectivity index (χ1) is 2.64. The van der Waals surface area contributed by atoms with Gasteiger partial charge in [-0.25, -0.2) is 9.59 Å². The molecular formula is C2H12K2O8Ti. The molecule has 74 valence electrons. The molecule has 8 nitrogen and oxygen atoms in total. The monoisotopic (exact) mass is 290 g/mol. The zero-order valence-corrected chi connectivity index (χ0v) is 15.0. The molecule has 0 aromatic carbocycles. The first kappa shape index (κ1) is 57.0. The molecule has 0 aliphatic heterocycles. The third-order valence-electron chi connectivity index (χ3n) is 0.183. The SMILES string of the molecule is O.O.O.O.O=C(O)C(=O)O.[H-].[H-].[K+].[K+].[Ti]. The van der Waals surface area contributed by atoms with Crippen molar-refractivity contribution in [1.29, 1.82) is 0 Å². The fourth-order valence-corrected chi connectivity index (χ4v) is 0. The molecule has 0 aliphatic rings. The number of hydrogen-bond acceptors (Lipinski definition) is 2. The Morgan fingerprint density at radius 3 is 0.846 bits per heavy atom. The van der Waals surface area contributed by atoms with Crippen LogP contribution in [0.15, 0.2) is 0 Å². The van der Waals surface area contributed by atoms with Crippen LogP contribution in [0, 0.1) is 0 Å². The van der Waals surface area contributed by atoms with Gasteiger partial charge in [-0.2, -0.15) is 0 Å². The van der Waals surface area contributed by atoms with Gasteiger partial charge in [0.25, 0.3) is 0 Å². The maximum atomic E-state index is 9.10. The van der Waals surface area contributed by atoms with Crippen LogP contribution < -0.4 is 103 Å². The second kappa shape index (κ2) is 36.4. The van der Waals surface area contributed by atoms with Crippen LogP contribution >= 0.6 is 0 Å². The van der Waals surface area contributed by atoms with Gasteiger partial charge in [-0.05, 0) is 0 Å². The standard InChI is InChI=1S/C2H2O4.2K.4H2O.Ti.2H/c3-1(4)2(5)6;;;;;;;;;/h(H,3,4)(H,5,6);;;4*1H2;;;/q;2*+1;;;;;;2*-1. The van der Waals surface area contributed by atoms with E-state index in [0.29, 0.717) is 0 Å². The summed E-state index contributed by atoms with van der Waals surface area (Å²) in [6.45, 7) is 0. The molecule has 0 amide bonds. The molecule has 0 radical (unpaired) electrons. The van der Waals surface area contributed by atoms with E-state index >= 15 is 0 Å². The number of carbonyl (C=O) groups is 2. The molecule has 0 heterocycles. The van der Waals surface area contributed by atoms with E-state index in [0.717, 1.165) is 0 Å². The van der Waals surface area contributed by atoms with Gasteiger partial charge in [0.15, 0.2) is 0 Å². The van der Waals surface area contributed by atoms with Crippen LogP contribution in [0.4, 0.5) is 0 Å². The summed E-state index contributed by atoms with van der Waals surface area (Å²) in [6, 6.07) is 0. The molecule has 0 atom stereocenters. The molecule has 0 aromatic heterocycles. The molecule has 0 rings (SSSR count). The second-order valence-corrected chi connectivity index (χ2v) is 0.610. The van der Waals surface area contributed by atoms with E-state index in [1.165, 1.54) is 0 Å². The summed E-state index contributed by atoms with van der Waals surface area (Å²) in [7, 11) is 0. The maximum Gasteiger partial charge on any atom is 1.00 e. The third-order valence-corrected chi connectivity index (χ3v) is 0.183. The van der Waals surface area contributed by atoms with Gasteiger partial charge in [0, 0.05) is 21.7 Å². The van der Waals surface area contributed by atoms with E-state index in [1.807, 2.05) is 0 Å². The van der Waals surface area contributed by atoms with E-state index in [2.05, 4.69) is 0 Å². The van der Waals surface area contributed by atoms with Crippen molar-refractivity contribution < 1.29 is 169 Å². The average molecular weight is 290 g/mol. The minimum atomic E-state index is -1.82. The normalized spacial score (nSPS) is 3.38. The summed E-state index contributed by atoms with van der Waals surface area (Å²) >= 11 is 0. The predicted molar refractivity (Wildman–Crippen MR) is 32.0 cm³/mol.